The number of fused-ring (bicyclic) bond motifs is 1. The SMILES string of the molecule is CC(C)(C)OC(=O)NNC1=Nc2ccccc2SC1. The van der Waals surface area contributed by atoms with Crippen LogP contribution in [0.5, 0.6) is 0 Å². The number of carbonyl (C=O) groups excluding carboxylic acids is 1. The third kappa shape index (κ3) is 4.17. The highest BCUT2D eigenvalue weighted by atomic mass is 32.2. The minimum Gasteiger partial charge on any atom is -0.443 e. The Hall–Kier alpha value is -1.69. The number of benzene rings is 1. The van der Waals surface area contributed by atoms with Crippen molar-refractivity contribution in [2.75, 3.05) is 5.75 Å². The van der Waals surface area contributed by atoms with Gasteiger partial charge in [0.05, 0.1) is 11.4 Å². The molecule has 0 saturated carbocycles. The molecule has 102 valence electrons. The number of amides is 1. The number of nitrogens with one attached hydrogen (secondary N) is 2. The molecular formula is C13H17N3O2S. The molecule has 1 aromatic carbocycles. The van der Waals surface area contributed by atoms with E-state index in [0.717, 1.165) is 10.6 Å². The zero-order valence-corrected chi connectivity index (χ0v) is 12.0. The second-order valence-corrected chi connectivity index (χ2v) is 6.08. The molecule has 2 N–H and O–H groups in total. The highest BCUT2D eigenvalue weighted by molar-refractivity contribution is 8.00. The van der Waals surface area contributed by atoms with E-state index in [1.165, 1.54) is 0 Å². The number of hydrazine groups is 1. The Morgan fingerprint density at radius 1 is 1.37 bits per heavy atom. The van der Waals surface area contributed by atoms with Crippen LogP contribution in [0.4, 0.5) is 10.5 Å². The third-order valence-corrected chi connectivity index (χ3v) is 3.27. The first-order chi connectivity index (χ1) is 8.94. The van der Waals surface area contributed by atoms with E-state index < -0.39 is 11.7 Å². The number of aliphatic imine (C=N–C) groups is 1. The molecule has 5 nitrogen and oxygen atoms in total. The van der Waals surface area contributed by atoms with Crippen molar-refractivity contribution in [2.45, 2.75) is 31.3 Å². The maximum atomic E-state index is 11.5. The van der Waals surface area contributed by atoms with Crippen LogP contribution >= 0.6 is 11.8 Å². The molecule has 2 rings (SSSR count). The maximum absolute atomic E-state index is 11.5. The molecule has 0 bridgehead atoms. The first-order valence-corrected chi connectivity index (χ1v) is 6.97. The number of amidine groups is 1. The van der Waals surface area contributed by atoms with Crippen molar-refractivity contribution in [3.8, 4) is 0 Å². The Balaban J connectivity index is 1.92. The van der Waals surface area contributed by atoms with Crippen LogP contribution in [-0.2, 0) is 4.74 Å². The Labute approximate surface area is 116 Å². The van der Waals surface area contributed by atoms with Gasteiger partial charge in [-0.25, -0.2) is 15.2 Å². The number of hydrogen-bond acceptors (Lipinski definition) is 5. The lowest BCUT2D eigenvalue weighted by Gasteiger charge is -2.21. The lowest BCUT2D eigenvalue weighted by Crippen LogP contribution is -2.45. The van der Waals surface area contributed by atoms with Gasteiger partial charge in [0.25, 0.3) is 0 Å². The van der Waals surface area contributed by atoms with Crippen LogP contribution in [0.2, 0.25) is 0 Å². The normalized spacial score (nSPS) is 14.2. The smallest absolute Gasteiger partial charge is 0.426 e. The summed E-state index contributed by atoms with van der Waals surface area (Å²) in [5.74, 6) is 1.39. The van der Waals surface area contributed by atoms with Crippen molar-refractivity contribution in [3.05, 3.63) is 24.3 Å². The summed E-state index contributed by atoms with van der Waals surface area (Å²) in [6, 6.07) is 7.89. The predicted octanol–water partition coefficient (Wildman–Crippen LogP) is 2.85. The summed E-state index contributed by atoms with van der Waals surface area (Å²) >= 11 is 1.68. The molecule has 0 unspecified atom stereocenters. The van der Waals surface area contributed by atoms with Crippen LogP contribution in [0.3, 0.4) is 0 Å². The quantitative estimate of drug-likeness (QED) is 0.717. The van der Waals surface area contributed by atoms with Crippen LogP contribution < -0.4 is 10.9 Å². The summed E-state index contributed by atoms with van der Waals surface area (Å²) < 4.78 is 5.12. The fourth-order valence-electron chi connectivity index (χ4n) is 1.49. The highest BCUT2D eigenvalue weighted by Crippen LogP contribution is 2.32. The van der Waals surface area contributed by atoms with Crippen molar-refractivity contribution in [3.63, 3.8) is 0 Å². The van der Waals surface area contributed by atoms with Gasteiger partial charge in [0, 0.05) is 4.90 Å². The molecule has 1 amide bonds. The zero-order chi connectivity index (χ0) is 13.9. The van der Waals surface area contributed by atoms with E-state index in [9.17, 15) is 4.79 Å². The molecular weight excluding hydrogens is 262 g/mol. The Morgan fingerprint density at radius 3 is 2.84 bits per heavy atom. The summed E-state index contributed by atoms with van der Waals surface area (Å²) in [6.07, 6.45) is -0.515. The van der Waals surface area contributed by atoms with E-state index >= 15 is 0 Å². The van der Waals surface area contributed by atoms with Gasteiger partial charge in [0.1, 0.15) is 11.4 Å². The van der Waals surface area contributed by atoms with E-state index in [0.29, 0.717) is 11.6 Å². The number of ether oxygens (including phenoxy) is 1. The van der Waals surface area contributed by atoms with Crippen LogP contribution in [-0.4, -0.2) is 23.3 Å². The van der Waals surface area contributed by atoms with Gasteiger partial charge in [-0.1, -0.05) is 12.1 Å². The van der Waals surface area contributed by atoms with Crippen molar-refractivity contribution >= 4 is 29.4 Å². The number of para-hydroxylation sites is 1. The van der Waals surface area contributed by atoms with Gasteiger partial charge in [-0.15, -0.1) is 11.8 Å². The lowest BCUT2D eigenvalue weighted by atomic mass is 10.2. The average Bonchev–Trinajstić information content (AvgIpc) is 2.34. The summed E-state index contributed by atoms with van der Waals surface area (Å²) in [5, 5.41) is 0. The van der Waals surface area contributed by atoms with Crippen molar-refractivity contribution in [1.29, 1.82) is 0 Å². The molecule has 0 radical (unpaired) electrons. The van der Waals surface area contributed by atoms with Crippen LogP contribution in [0.25, 0.3) is 0 Å². The van der Waals surface area contributed by atoms with Gasteiger partial charge >= 0.3 is 6.09 Å². The molecule has 1 aliphatic heterocycles. The van der Waals surface area contributed by atoms with E-state index in [-0.39, 0.29) is 0 Å². The van der Waals surface area contributed by atoms with Gasteiger partial charge in [-0.3, -0.25) is 5.43 Å². The Bertz CT molecular complexity index is 509. The standard InChI is InChI=1S/C13H17N3O2S/c1-13(2,3)18-12(17)16-15-11-8-19-10-7-5-4-6-9(10)14-11/h4-7H,8H2,1-3H3,(H,14,15)(H,16,17). The zero-order valence-electron chi connectivity index (χ0n) is 11.2. The molecule has 0 fully saturated rings. The lowest BCUT2D eigenvalue weighted by molar-refractivity contribution is 0.0513. The van der Waals surface area contributed by atoms with Crippen LogP contribution in [0, 0.1) is 0 Å². The molecule has 0 aromatic heterocycles. The van der Waals surface area contributed by atoms with E-state index in [4.69, 9.17) is 4.74 Å². The monoisotopic (exact) mass is 279 g/mol. The number of nitrogens with zero attached hydrogens (tertiary/aromatic N) is 1. The van der Waals surface area contributed by atoms with Gasteiger partial charge in [-0.05, 0) is 32.9 Å². The fourth-order valence-corrected chi connectivity index (χ4v) is 2.35. The highest BCUT2D eigenvalue weighted by Gasteiger charge is 2.17. The van der Waals surface area contributed by atoms with Gasteiger partial charge < -0.3 is 4.74 Å². The Kier molecular flexibility index (Phi) is 3.99. The number of hydrogen-bond donors (Lipinski definition) is 2. The third-order valence-electron chi connectivity index (χ3n) is 2.19. The van der Waals surface area contributed by atoms with Crippen LogP contribution in [0.15, 0.2) is 34.2 Å². The van der Waals surface area contributed by atoms with Crippen molar-refractivity contribution in [2.24, 2.45) is 4.99 Å². The van der Waals surface area contributed by atoms with Gasteiger partial charge in [-0.2, -0.15) is 0 Å². The molecule has 0 atom stereocenters. The topological polar surface area (TPSA) is 62.7 Å². The summed E-state index contributed by atoms with van der Waals surface area (Å²) in [6.45, 7) is 5.45. The number of rotatable bonds is 0. The molecule has 0 aliphatic carbocycles. The molecule has 0 saturated heterocycles. The Morgan fingerprint density at radius 2 is 2.11 bits per heavy atom. The fraction of sp³-hybridized carbons (Fsp3) is 0.385. The van der Waals surface area contributed by atoms with E-state index in [1.54, 1.807) is 11.8 Å². The average molecular weight is 279 g/mol. The summed E-state index contributed by atoms with van der Waals surface area (Å²) in [4.78, 5) is 17.1. The van der Waals surface area contributed by atoms with E-state index in [1.807, 2.05) is 45.0 Å². The predicted molar refractivity (Wildman–Crippen MR) is 76.8 cm³/mol. The number of thioether (sulfide) groups is 1. The second-order valence-electron chi connectivity index (χ2n) is 5.07. The number of carbonyl (C=O) groups is 1. The molecule has 1 aliphatic rings. The molecule has 19 heavy (non-hydrogen) atoms. The molecule has 1 aromatic rings. The minimum absolute atomic E-state index is 0.512. The van der Waals surface area contributed by atoms with Gasteiger partial charge in [0.15, 0.2) is 0 Å². The summed E-state index contributed by atoms with van der Waals surface area (Å²) in [5.41, 5.74) is 5.67. The molecule has 0 spiro atoms. The largest absolute Gasteiger partial charge is 0.443 e. The minimum atomic E-state index is -0.515. The van der Waals surface area contributed by atoms with Crippen LogP contribution in [0.1, 0.15) is 20.8 Å². The first-order valence-electron chi connectivity index (χ1n) is 5.98. The van der Waals surface area contributed by atoms with Crippen molar-refractivity contribution < 1.29 is 9.53 Å². The first kappa shape index (κ1) is 13.7. The summed E-state index contributed by atoms with van der Waals surface area (Å²) in [7, 11) is 0. The second kappa shape index (κ2) is 5.52. The van der Waals surface area contributed by atoms with E-state index in [2.05, 4.69) is 15.8 Å². The van der Waals surface area contributed by atoms with Crippen molar-refractivity contribution in [1.82, 2.24) is 10.9 Å². The molecule has 1 heterocycles. The molecule has 6 heteroatoms. The maximum Gasteiger partial charge on any atom is 0.426 e. The van der Waals surface area contributed by atoms with Gasteiger partial charge in [0.2, 0.25) is 0 Å².